The number of para-hydroxylation sites is 2. The topological polar surface area (TPSA) is 62.6 Å². The van der Waals surface area contributed by atoms with Crippen molar-refractivity contribution in [3.8, 4) is 0 Å². The molecule has 3 rings (SSSR count). The summed E-state index contributed by atoms with van der Waals surface area (Å²) in [5, 5.41) is 5.65. The second kappa shape index (κ2) is 9.61. The lowest BCUT2D eigenvalue weighted by Gasteiger charge is -2.15. The zero-order chi connectivity index (χ0) is 20.6. The molecule has 3 aromatic carbocycles. The standard InChI is InChI=1S/C23H22FN3O2/c1-27(15-17-11-13-18(24)14-12-17)16-22(28)26-21-10-6-5-9-20(21)23(29)25-19-7-3-2-4-8-19/h2-14H,15-16H2,1H3,(H,25,29)(H,26,28)/p+1. The Balaban J connectivity index is 1.61. The minimum absolute atomic E-state index is 0.204. The molecule has 0 radical (unpaired) electrons. The van der Waals surface area contributed by atoms with Crippen LogP contribution in [0.25, 0.3) is 0 Å². The molecule has 2 amide bonds. The van der Waals surface area contributed by atoms with Gasteiger partial charge in [-0.1, -0.05) is 42.5 Å². The predicted octanol–water partition coefficient (Wildman–Crippen LogP) is 2.73. The maximum absolute atomic E-state index is 13.0. The van der Waals surface area contributed by atoms with E-state index < -0.39 is 0 Å². The second-order valence-corrected chi connectivity index (χ2v) is 6.85. The molecule has 5 nitrogen and oxygen atoms in total. The largest absolute Gasteiger partial charge is 0.326 e. The molecule has 0 bridgehead atoms. The van der Waals surface area contributed by atoms with Crippen LogP contribution in [0, 0.1) is 5.82 Å². The third kappa shape index (κ3) is 5.99. The van der Waals surface area contributed by atoms with Gasteiger partial charge in [-0.25, -0.2) is 4.39 Å². The van der Waals surface area contributed by atoms with Crippen molar-refractivity contribution in [1.29, 1.82) is 0 Å². The molecule has 1 unspecified atom stereocenters. The lowest BCUT2D eigenvalue weighted by molar-refractivity contribution is -0.885. The zero-order valence-corrected chi connectivity index (χ0v) is 16.1. The van der Waals surface area contributed by atoms with Crippen molar-refractivity contribution in [1.82, 2.24) is 0 Å². The highest BCUT2D eigenvalue weighted by atomic mass is 19.1. The third-order valence-corrected chi connectivity index (χ3v) is 4.36. The summed E-state index contributed by atoms with van der Waals surface area (Å²) in [6, 6.07) is 22.3. The van der Waals surface area contributed by atoms with E-state index in [9.17, 15) is 14.0 Å². The van der Waals surface area contributed by atoms with Crippen LogP contribution < -0.4 is 15.5 Å². The van der Waals surface area contributed by atoms with Crippen molar-refractivity contribution in [2.75, 3.05) is 24.2 Å². The highest BCUT2D eigenvalue weighted by Gasteiger charge is 2.16. The van der Waals surface area contributed by atoms with Gasteiger partial charge in [-0.3, -0.25) is 9.59 Å². The van der Waals surface area contributed by atoms with Crippen LogP contribution in [0.5, 0.6) is 0 Å². The van der Waals surface area contributed by atoms with Gasteiger partial charge >= 0.3 is 0 Å². The Bertz CT molecular complexity index is 975. The van der Waals surface area contributed by atoms with E-state index in [0.717, 1.165) is 10.5 Å². The molecule has 29 heavy (non-hydrogen) atoms. The van der Waals surface area contributed by atoms with Gasteiger partial charge in [0.15, 0.2) is 6.54 Å². The summed E-state index contributed by atoms with van der Waals surface area (Å²) in [5.74, 6) is -0.779. The highest BCUT2D eigenvalue weighted by Crippen LogP contribution is 2.17. The van der Waals surface area contributed by atoms with E-state index in [2.05, 4.69) is 10.6 Å². The Morgan fingerprint density at radius 3 is 2.24 bits per heavy atom. The maximum Gasteiger partial charge on any atom is 0.279 e. The van der Waals surface area contributed by atoms with E-state index in [4.69, 9.17) is 0 Å². The number of amides is 2. The number of carbonyl (C=O) groups excluding carboxylic acids is 2. The molecule has 0 heterocycles. The van der Waals surface area contributed by atoms with E-state index in [1.807, 2.05) is 25.2 Å². The van der Waals surface area contributed by atoms with Gasteiger partial charge in [-0.2, -0.15) is 0 Å². The van der Waals surface area contributed by atoms with Gasteiger partial charge in [-0.05, 0) is 36.4 Å². The fraction of sp³-hybridized carbons (Fsp3) is 0.130. The highest BCUT2D eigenvalue weighted by molar-refractivity contribution is 6.10. The molecule has 3 N–H and O–H groups in total. The first kappa shape index (κ1) is 20.2. The van der Waals surface area contributed by atoms with Gasteiger partial charge in [0, 0.05) is 11.3 Å². The number of likely N-dealkylation sites (N-methyl/N-ethyl adjacent to an activating group) is 1. The normalized spacial score (nSPS) is 11.5. The van der Waals surface area contributed by atoms with Crippen LogP contribution in [0.3, 0.4) is 0 Å². The number of quaternary nitrogens is 1. The maximum atomic E-state index is 13.0. The Morgan fingerprint density at radius 2 is 1.52 bits per heavy atom. The molecular formula is C23H23FN3O2+. The Hall–Kier alpha value is -3.51. The molecule has 148 valence electrons. The number of hydrogen-bond donors (Lipinski definition) is 3. The summed E-state index contributed by atoms with van der Waals surface area (Å²) in [7, 11) is 1.89. The first-order valence-electron chi connectivity index (χ1n) is 9.32. The van der Waals surface area contributed by atoms with Gasteiger partial charge in [-0.15, -0.1) is 0 Å². The first-order valence-corrected chi connectivity index (χ1v) is 9.32. The lowest BCUT2D eigenvalue weighted by atomic mass is 10.1. The van der Waals surface area contributed by atoms with E-state index >= 15 is 0 Å². The Kier molecular flexibility index (Phi) is 6.71. The van der Waals surface area contributed by atoms with Gasteiger partial charge in [0.05, 0.1) is 18.3 Å². The molecular weight excluding hydrogens is 369 g/mol. The number of anilines is 2. The van der Waals surface area contributed by atoms with E-state index in [-0.39, 0.29) is 24.2 Å². The van der Waals surface area contributed by atoms with E-state index in [0.29, 0.717) is 23.5 Å². The average Bonchev–Trinajstić information content (AvgIpc) is 2.70. The molecule has 0 saturated heterocycles. The van der Waals surface area contributed by atoms with Crippen molar-refractivity contribution in [2.24, 2.45) is 0 Å². The molecule has 6 heteroatoms. The SMILES string of the molecule is C[NH+](CC(=O)Nc1ccccc1C(=O)Nc1ccccc1)Cc1ccc(F)cc1. The zero-order valence-electron chi connectivity index (χ0n) is 16.1. The number of benzene rings is 3. The molecule has 0 aromatic heterocycles. The van der Waals surface area contributed by atoms with Crippen molar-refractivity contribution >= 4 is 23.2 Å². The molecule has 1 atom stereocenters. The van der Waals surface area contributed by atoms with Crippen LogP contribution in [0.15, 0.2) is 78.9 Å². The first-order chi connectivity index (χ1) is 14.0. The summed E-state index contributed by atoms with van der Waals surface area (Å²) >= 11 is 0. The Morgan fingerprint density at radius 1 is 0.862 bits per heavy atom. The van der Waals surface area contributed by atoms with Gasteiger partial charge in [0.2, 0.25) is 0 Å². The van der Waals surface area contributed by atoms with Crippen LogP contribution in [-0.2, 0) is 11.3 Å². The Labute approximate surface area is 169 Å². The third-order valence-electron chi connectivity index (χ3n) is 4.36. The van der Waals surface area contributed by atoms with E-state index in [1.54, 1.807) is 48.5 Å². The smallest absolute Gasteiger partial charge is 0.279 e. The minimum atomic E-state index is -0.292. The van der Waals surface area contributed by atoms with Crippen molar-refractivity contribution < 1.29 is 18.9 Å². The summed E-state index contributed by atoms with van der Waals surface area (Å²) < 4.78 is 13.0. The number of carbonyl (C=O) groups is 2. The summed E-state index contributed by atoms with van der Waals surface area (Å²) in [4.78, 5) is 26.0. The van der Waals surface area contributed by atoms with Crippen LogP contribution in [0.4, 0.5) is 15.8 Å². The van der Waals surface area contributed by atoms with Crippen LogP contribution in [-0.4, -0.2) is 25.4 Å². The van der Waals surface area contributed by atoms with Crippen molar-refractivity contribution in [3.05, 3.63) is 95.8 Å². The summed E-state index contributed by atoms with van der Waals surface area (Å²) in [5.41, 5.74) is 2.47. The van der Waals surface area contributed by atoms with Gasteiger partial charge in [0.1, 0.15) is 12.4 Å². The average molecular weight is 392 g/mol. The quantitative estimate of drug-likeness (QED) is 0.579. The van der Waals surface area contributed by atoms with E-state index in [1.165, 1.54) is 12.1 Å². The van der Waals surface area contributed by atoms with Gasteiger partial charge < -0.3 is 15.5 Å². The summed E-state index contributed by atoms with van der Waals surface area (Å²) in [6.07, 6.45) is 0. The number of halogens is 1. The molecule has 0 aliphatic carbocycles. The molecule has 0 spiro atoms. The number of nitrogens with one attached hydrogen (secondary N) is 3. The second-order valence-electron chi connectivity index (χ2n) is 6.85. The number of hydrogen-bond acceptors (Lipinski definition) is 2. The monoisotopic (exact) mass is 392 g/mol. The van der Waals surface area contributed by atoms with Crippen LogP contribution in [0.2, 0.25) is 0 Å². The fourth-order valence-corrected chi connectivity index (χ4v) is 2.99. The van der Waals surface area contributed by atoms with Crippen LogP contribution >= 0.6 is 0 Å². The minimum Gasteiger partial charge on any atom is -0.326 e. The molecule has 0 aliphatic rings. The molecule has 3 aromatic rings. The number of rotatable bonds is 7. The van der Waals surface area contributed by atoms with Crippen LogP contribution in [0.1, 0.15) is 15.9 Å². The fourth-order valence-electron chi connectivity index (χ4n) is 2.99. The molecule has 0 aliphatic heterocycles. The lowest BCUT2D eigenvalue weighted by Crippen LogP contribution is -3.08. The molecule has 0 fully saturated rings. The molecule has 0 saturated carbocycles. The van der Waals surface area contributed by atoms with Gasteiger partial charge in [0.25, 0.3) is 11.8 Å². The summed E-state index contributed by atoms with van der Waals surface area (Å²) in [6.45, 7) is 0.801. The van der Waals surface area contributed by atoms with Crippen molar-refractivity contribution in [3.63, 3.8) is 0 Å². The predicted molar refractivity (Wildman–Crippen MR) is 111 cm³/mol. The van der Waals surface area contributed by atoms with Crippen molar-refractivity contribution in [2.45, 2.75) is 6.54 Å².